The Morgan fingerprint density at radius 3 is 2.54 bits per heavy atom. The van der Waals surface area contributed by atoms with E-state index in [1.54, 1.807) is 0 Å². The molecule has 2 aromatic rings. The van der Waals surface area contributed by atoms with Crippen LogP contribution in [0, 0.1) is 6.92 Å². The monoisotopic (exact) mass is 327 g/mol. The third-order valence-electron chi connectivity index (χ3n) is 4.11. The van der Waals surface area contributed by atoms with Gasteiger partial charge in [-0.3, -0.25) is 0 Å². The van der Waals surface area contributed by atoms with Gasteiger partial charge >= 0.3 is 0 Å². The first-order valence-electron chi connectivity index (χ1n) is 8.83. The third-order valence-corrected chi connectivity index (χ3v) is 4.11. The van der Waals surface area contributed by atoms with Gasteiger partial charge in [-0.15, -0.1) is 0 Å². The quantitative estimate of drug-likeness (QED) is 0.739. The molecule has 0 radical (unpaired) electrons. The summed E-state index contributed by atoms with van der Waals surface area (Å²) in [5, 5.41) is 0. The molecule has 0 saturated heterocycles. The second-order valence-electron chi connectivity index (χ2n) is 6.09. The Labute approximate surface area is 145 Å². The molecule has 0 heterocycles. The summed E-state index contributed by atoms with van der Waals surface area (Å²) in [7, 11) is 0. The lowest BCUT2D eigenvalue weighted by Crippen LogP contribution is -2.15. The van der Waals surface area contributed by atoms with Crippen LogP contribution in [-0.4, -0.2) is 19.8 Å². The normalized spacial score (nSPS) is 12.0. The van der Waals surface area contributed by atoms with Crippen molar-refractivity contribution in [1.82, 2.24) is 0 Å². The van der Waals surface area contributed by atoms with E-state index in [1.807, 2.05) is 13.0 Å². The van der Waals surface area contributed by atoms with E-state index in [4.69, 9.17) is 15.2 Å². The standard InChI is InChI=1S/C21H29NO2/c1-4-11-24-20-8-6-7-17(14-20)13-19(15-22)18-9-10-21(23-5-2)16(3)12-18/h6-10,12,14,19H,4-5,11,13,15,22H2,1-3H3. The van der Waals surface area contributed by atoms with Crippen LogP contribution in [0.2, 0.25) is 0 Å². The molecule has 2 rings (SSSR count). The van der Waals surface area contributed by atoms with Gasteiger partial charge in [0.1, 0.15) is 11.5 Å². The molecule has 0 aromatic heterocycles. The van der Waals surface area contributed by atoms with Crippen LogP contribution in [0.25, 0.3) is 0 Å². The first-order valence-corrected chi connectivity index (χ1v) is 8.83. The van der Waals surface area contributed by atoms with Crippen molar-refractivity contribution in [2.45, 2.75) is 39.5 Å². The van der Waals surface area contributed by atoms with Gasteiger partial charge in [-0.1, -0.05) is 31.2 Å². The molecule has 1 unspecified atom stereocenters. The Kier molecular flexibility index (Phi) is 7.13. The summed E-state index contributed by atoms with van der Waals surface area (Å²) in [6.45, 7) is 8.26. The minimum atomic E-state index is 0.292. The first kappa shape index (κ1) is 18.3. The molecular formula is C21H29NO2. The van der Waals surface area contributed by atoms with Gasteiger partial charge in [0.25, 0.3) is 0 Å². The number of ether oxygens (including phenoxy) is 2. The molecule has 2 aromatic carbocycles. The molecule has 0 aliphatic carbocycles. The molecule has 0 spiro atoms. The lowest BCUT2D eigenvalue weighted by Gasteiger charge is -2.18. The highest BCUT2D eigenvalue weighted by Gasteiger charge is 2.13. The van der Waals surface area contributed by atoms with Crippen LogP contribution in [0.3, 0.4) is 0 Å². The summed E-state index contributed by atoms with van der Waals surface area (Å²) in [5.41, 5.74) is 9.73. The van der Waals surface area contributed by atoms with E-state index in [1.165, 1.54) is 11.1 Å². The molecule has 2 N–H and O–H groups in total. The second kappa shape index (κ2) is 9.33. The van der Waals surface area contributed by atoms with E-state index in [9.17, 15) is 0 Å². The van der Waals surface area contributed by atoms with Gasteiger partial charge in [0, 0.05) is 5.92 Å². The van der Waals surface area contributed by atoms with Crippen molar-refractivity contribution in [2.24, 2.45) is 5.73 Å². The third kappa shape index (κ3) is 5.00. The zero-order chi connectivity index (χ0) is 17.4. The van der Waals surface area contributed by atoms with Crippen LogP contribution < -0.4 is 15.2 Å². The molecule has 0 aliphatic heterocycles. The van der Waals surface area contributed by atoms with Crippen molar-refractivity contribution in [3.63, 3.8) is 0 Å². The maximum Gasteiger partial charge on any atom is 0.122 e. The first-order chi connectivity index (χ1) is 11.7. The van der Waals surface area contributed by atoms with Crippen LogP contribution in [0.4, 0.5) is 0 Å². The van der Waals surface area contributed by atoms with E-state index in [-0.39, 0.29) is 0 Å². The van der Waals surface area contributed by atoms with E-state index in [2.05, 4.69) is 50.2 Å². The van der Waals surface area contributed by atoms with Crippen molar-refractivity contribution in [1.29, 1.82) is 0 Å². The van der Waals surface area contributed by atoms with Gasteiger partial charge in [-0.05, 0) is 68.1 Å². The van der Waals surface area contributed by atoms with E-state index in [0.717, 1.165) is 36.5 Å². The minimum absolute atomic E-state index is 0.292. The van der Waals surface area contributed by atoms with Gasteiger partial charge < -0.3 is 15.2 Å². The molecular weight excluding hydrogens is 298 g/mol. The van der Waals surface area contributed by atoms with Crippen LogP contribution in [-0.2, 0) is 6.42 Å². The van der Waals surface area contributed by atoms with Gasteiger partial charge in [0.2, 0.25) is 0 Å². The molecule has 3 heteroatoms. The fourth-order valence-corrected chi connectivity index (χ4v) is 2.85. The average molecular weight is 327 g/mol. The summed E-state index contributed by atoms with van der Waals surface area (Å²) in [6.07, 6.45) is 1.92. The zero-order valence-electron chi connectivity index (χ0n) is 15.0. The van der Waals surface area contributed by atoms with Crippen molar-refractivity contribution in [3.8, 4) is 11.5 Å². The highest BCUT2D eigenvalue weighted by Crippen LogP contribution is 2.27. The molecule has 0 bridgehead atoms. The molecule has 130 valence electrons. The second-order valence-corrected chi connectivity index (χ2v) is 6.09. The van der Waals surface area contributed by atoms with Gasteiger partial charge in [-0.25, -0.2) is 0 Å². The van der Waals surface area contributed by atoms with E-state index >= 15 is 0 Å². The number of rotatable bonds is 9. The Morgan fingerprint density at radius 1 is 1.04 bits per heavy atom. The van der Waals surface area contributed by atoms with Crippen LogP contribution >= 0.6 is 0 Å². The van der Waals surface area contributed by atoms with E-state index in [0.29, 0.717) is 19.1 Å². The van der Waals surface area contributed by atoms with Gasteiger partial charge in [-0.2, -0.15) is 0 Å². The zero-order valence-corrected chi connectivity index (χ0v) is 15.0. The summed E-state index contributed by atoms with van der Waals surface area (Å²) < 4.78 is 11.4. The van der Waals surface area contributed by atoms with Gasteiger partial charge in [0.05, 0.1) is 13.2 Å². The molecule has 1 atom stereocenters. The van der Waals surface area contributed by atoms with Crippen LogP contribution in [0.5, 0.6) is 11.5 Å². The molecule has 0 saturated carbocycles. The molecule has 0 amide bonds. The highest BCUT2D eigenvalue weighted by molar-refractivity contribution is 5.39. The van der Waals surface area contributed by atoms with Crippen LogP contribution in [0.1, 0.15) is 42.9 Å². The summed E-state index contributed by atoms with van der Waals surface area (Å²) in [5.74, 6) is 2.18. The summed E-state index contributed by atoms with van der Waals surface area (Å²) >= 11 is 0. The largest absolute Gasteiger partial charge is 0.494 e. The maximum atomic E-state index is 6.06. The van der Waals surface area contributed by atoms with Crippen LogP contribution in [0.15, 0.2) is 42.5 Å². The SMILES string of the molecule is CCCOc1cccc(CC(CN)c2ccc(OCC)c(C)c2)c1. The fraction of sp³-hybridized carbons (Fsp3) is 0.429. The van der Waals surface area contributed by atoms with Crippen molar-refractivity contribution in [3.05, 3.63) is 59.2 Å². The topological polar surface area (TPSA) is 44.5 Å². The Balaban J connectivity index is 2.13. The average Bonchev–Trinajstić information content (AvgIpc) is 2.60. The highest BCUT2D eigenvalue weighted by atomic mass is 16.5. The van der Waals surface area contributed by atoms with Crippen molar-refractivity contribution in [2.75, 3.05) is 19.8 Å². The Morgan fingerprint density at radius 2 is 1.88 bits per heavy atom. The van der Waals surface area contributed by atoms with Gasteiger partial charge in [0.15, 0.2) is 0 Å². The number of hydrogen-bond donors (Lipinski definition) is 1. The van der Waals surface area contributed by atoms with Crippen molar-refractivity contribution < 1.29 is 9.47 Å². The maximum absolute atomic E-state index is 6.06. The number of aryl methyl sites for hydroxylation is 1. The Bertz CT molecular complexity index is 639. The molecule has 3 nitrogen and oxygen atoms in total. The number of hydrogen-bond acceptors (Lipinski definition) is 3. The molecule has 0 aliphatic rings. The lowest BCUT2D eigenvalue weighted by molar-refractivity contribution is 0.317. The molecule has 0 fully saturated rings. The number of benzene rings is 2. The van der Waals surface area contributed by atoms with E-state index < -0.39 is 0 Å². The predicted molar refractivity (Wildman–Crippen MR) is 100 cm³/mol. The van der Waals surface area contributed by atoms with Crippen molar-refractivity contribution >= 4 is 0 Å². The lowest BCUT2D eigenvalue weighted by atomic mass is 9.91. The predicted octanol–water partition coefficient (Wildman–Crippen LogP) is 4.47. The minimum Gasteiger partial charge on any atom is -0.494 e. The summed E-state index contributed by atoms with van der Waals surface area (Å²) in [6, 6.07) is 14.7. The molecule has 24 heavy (non-hydrogen) atoms. The fourth-order valence-electron chi connectivity index (χ4n) is 2.85. The summed E-state index contributed by atoms with van der Waals surface area (Å²) in [4.78, 5) is 0. The Hall–Kier alpha value is -2.00. The smallest absolute Gasteiger partial charge is 0.122 e. The number of nitrogens with two attached hydrogens (primary N) is 1.